The molecule has 1 atom stereocenters. The van der Waals surface area contributed by atoms with Crippen molar-refractivity contribution in [1.82, 2.24) is 9.97 Å². The van der Waals surface area contributed by atoms with Crippen LogP contribution in [0.3, 0.4) is 0 Å². The Morgan fingerprint density at radius 3 is 2.67 bits per heavy atom. The monoisotopic (exact) mass is 263 g/mol. The van der Waals surface area contributed by atoms with Crippen molar-refractivity contribution in [3.63, 3.8) is 0 Å². The number of nitrogens with two attached hydrogens (primary N) is 1. The van der Waals surface area contributed by atoms with Crippen LogP contribution in [0.25, 0.3) is 0 Å². The standard InChI is InChI=1S/C11H10BrN3/c12-9-4-2-6-15-11(9)10(13)8-3-1-5-14-7-8/h1-7,10H,13H2. The lowest BCUT2D eigenvalue weighted by Gasteiger charge is -2.12. The molecule has 0 saturated heterocycles. The average molecular weight is 264 g/mol. The van der Waals surface area contributed by atoms with Crippen LogP contribution < -0.4 is 5.73 Å². The van der Waals surface area contributed by atoms with E-state index >= 15 is 0 Å². The Hall–Kier alpha value is -1.26. The summed E-state index contributed by atoms with van der Waals surface area (Å²) in [5.41, 5.74) is 7.86. The third-order valence-corrected chi connectivity index (χ3v) is 2.80. The van der Waals surface area contributed by atoms with Gasteiger partial charge in [-0.2, -0.15) is 0 Å². The van der Waals surface area contributed by atoms with Crippen molar-refractivity contribution in [2.75, 3.05) is 0 Å². The van der Waals surface area contributed by atoms with Gasteiger partial charge in [0.25, 0.3) is 0 Å². The Morgan fingerprint density at radius 1 is 1.20 bits per heavy atom. The summed E-state index contributed by atoms with van der Waals surface area (Å²) in [4.78, 5) is 8.29. The predicted octanol–water partition coefficient (Wildman–Crippen LogP) is 2.29. The van der Waals surface area contributed by atoms with Crippen LogP contribution in [-0.4, -0.2) is 9.97 Å². The molecular formula is C11H10BrN3. The van der Waals surface area contributed by atoms with Crippen molar-refractivity contribution in [3.05, 3.63) is 58.6 Å². The summed E-state index contributed by atoms with van der Waals surface area (Å²) in [6.07, 6.45) is 5.21. The second-order valence-electron chi connectivity index (χ2n) is 3.13. The van der Waals surface area contributed by atoms with Crippen molar-refractivity contribution >= 4 is 15.9 Å². The Balaban J connectivity index is 2.37. The summed E-state index contributed by atoms with van der Waals surface area (Å²) in [5.74, 6) is 0. The maximum Gasteiger partial charge on any atom is 0.0758 e. The molecule has 0 radical (unpaired) electrons. The van der Waals surface area contributed by atoms with Gasteiger partial charge in [-0.3, -0.25) is 9.97 Å². The number of nitrogens with zero attached hydrogens (tertiary/aromatic N) is 2. The van der Waals surface area contributed by atoms with Gasteiger partial charge >= 0.3 is 0 Å². The fourth-order valence-electron chi connectivity index (χ4n) is 1.34. The lowest BCUT2D eigenvalue weighted by Crippen LogP contribution is -2.14. The number of halogens is 1. The van der Waals surface area contributed by atoms with E-state index in [2.05, 4.69) is 25.9 Å². The van der Waals surface area contributed by atoms with Crippen molar-refractivity contribution in [2.45, 2.75) is 6.04 Å². The lowest BCUT2D eigenvalue weighted by molar-refractivity contribution is 0.816. The summed E-state index contributed by atoms with van der Waals surface area (Å²) < 4.78 is 0.918. The summed E-state index contributed by atoms with van der Waals surface area (Å²) >= 11 is 3.43. The zero-order valence-corrected chi connectivity index (χ0v) is 9.55. The summed E-state index contributed by atoms with van der Waals surface area (Å²) in [6.45, 7) is 0. The van der Waals surface area contributed by atoms with Gasteiger partial charge in [-0.1, -0.05) is 6.07 Å². The zero-order chi connectivity index (χ0) is 10.7. The van der Waals surface area contributed by atoms with E-state index in [9.17, 15) is 0 Å². The smallest absolute Gasteiger partial charge is 0.0758 e. The molecule has 0 saturated carbocycles. The fraction of sp³-hybridized carbons (Fsp3) is 0.0909. The molecule has 1 unspecified atom stereocenters. The van der Waals surface area contributed by atoms with Crippen molar-refractivity contribution in [2.24, 2.45) is 5.73 Å². The maximum absolute atomic E-state index is 6.08. The number of rotatable bonds is 2. The maximum atomic E-state index is 6.08. The molecule has 0 aromatic carbocycles. The van der Waals surface area contributed by atoms with Gasteiger partial charge in [-0.25, -0.2) is 0 Å². The molecule has 0 amide bonds. The Morgan fingerprint density at radius 2 is 2.00 bits per heavy atom. The second-order valence-corrected chi connectivity index (χ2v) is 3.99. The van der Waals surface area contributed by atoms with E-state index in [-0.39, 0.29) is 6.04 Å². The molecule has 2 heterocycles. The molecule has 0 aliphatic heterocycles. The molecule has 15 heavy (non-hydrogen) atoms. The van der Waals surface area contributed by atoms with E-state index in [1.807, 2.05) is 24.3 Å². The van der Waals surface area contributed by atoms with E-state index in [4.69, 9.17) is 5.73 Å². The van der Waals surface area contributed by atoms with Crippen LogP contribution in [0.1, 0.15) is 17.3 Å². The minimum atomic E-state index is -0.241. The van der Waals surface area contributed by atoms with Crippen molar-refractivity contribution < 1.29 is 0 Å². The van der Waals surface area contributed by atoms with E-state index < -0.39 is 0 Å². The summed E-state index contributed by atoms with van der Waals surface area (Å²) in [5, 5.41) is 0. The van der Waals surface area contributed by atoms with Crippen LogP contribution in [0.4, 0.5) is 0 Å². The van der Waals surface area contributed by atoms with Crippen LogP contribution in [0.2, 0.25) is 0 Å². The van der Waals surface area contributed by atoms with E-state index in [0.717, 1.165) is 15.7 Å². The molecule has 3 nitrogen and oxygen atoms in total. The van der Waals surface area contributed by atoms with E-state index in [0.29, 0.717) is 0 Å². The van der Waals surface area contributed by atoms with Gasteiger partial charge < -0.3 is 5.73 Å². The van der Waals surface area contributed by atoms with Crippen LogP contribution >= 0.6 is 15.9 Å². The predicted molar refractivity (Wildman–Crippen MR) is 62.2 cm³/mol. The molecule has 2 N–H and O–H groups in total. The molecule has 0 aliphatic rings. The normalized spacial score (nSPS) is 12.4. The first-order valence-electron chi connectivity index (χ1n) is 4.55. The Labute approximate surface area is 96.5 Å². The van der Waals surface area contributed by atoms with Gasteiger partial charge in [0, 0.05) is 23.1 Å². The molecule has 76 valence electrons. The van der Waals surface area contributed by atoms with Gasteiger partial charge in [-0.15, -0.1) is 0 Å². The summed E-state index contributed by atoms with van der Waals surface area (Å²) in [7, 11) is 0. The number of hydrogen-bond donors (Lipinski definition) is 1. The minimum Gasteiger partial charge on any atom is -0.319 e. The molecule has 0 fully saturated rings. The van der Waals surface area contributed by atoms with E-state index in [1.54, 1.807) is 18.6 Å². The molecular weight excluding hydrogens is 254 g/mol. The highest BCUT2D eigenvalue weighted by Gasteiger charge is 2.12. The molecule has 0 spiro atoms. The molecule has 2 aromatic rings. The SMILES string of the molecule is NC(c1cccnc1)c1ncccc1Br. The molecule has 2 rings (SSSR count). The molecule has 2 aromatic heterocycles. The first kappa shape index (κ1) is 10.3. The van der Waals surface area contributed by atoms with Gasteiger partial charge in [0.15, 0.2) is 0 Å². The first-order chi connectivity index (χ1) is 7.29. The van der Waals surface area contributed by atoms with Gasteiger partial charge in [0.2, 0.25) is 0 Å². The van der Waals surface area contributed by atoms with Gasteiger partial charge in [-0.05, 0) is 39.7 Å². The number of hydrogen-bond acceptors (Lipinski definition) is 3. The quantitative estimate of drug-likeness (QED) is 0.905. The Kier molecular flexibility index (Phi) is 3.08. The highest BCUT2D eigenvalue weighted by molar-refractivity contribution is 9.10. The topological polar surface area (TPSA) is 51.8 Å². The molecule has 0 bridgehead atoms. The van der Waals surface area contributed by atoms with Crippen LogP contribution in [-0.2, 0) is 0 Å². The third-order valence-electron chi connectivity index (χ3n) is 2.13. The van der Waals surface area contributed by atoms with Crippen LogP contribution in [0, 0.1) is 0 Å². The highest BCUT2D eigenvalue weighted by Crippen LogP contribution is 2.23. The largest absolute Gasteiger partial charge is 0.319 e. The average Bonchev–Trinajstić information content (AvgIpc) is 2.30. The first-order valence-corrected chi connectivity index (χ1v) is 5.34. The second kappa shape index (κ2) is 4.51. The van der Waals surface area contributed by atoms with Crippen LogP contribution in [0.5, 0.6) is 0 Å². The third kappa shape index (κ3) is 2.22. The number of pyridine rings is 2. The highest BCUT2D eigenvalue weighted by atomic mass is 79.9. The van der Waals surface area contributed by atoms with Gasteiger partial charge in [0.1, 0.15) is 0 Å². The van der Waals surface area contributed by atoms with Crippen molar-refractivity contribution in [3.8, 4) is 0 Å². The molecule has 0 aliphatic carbocycles. The fourth-order valence-corrected chi connectivity index (χ4v) is 1.85. The van der Waals surface area contributed by atoms with Crippen molar-refractivity contribution in [1.29, 1.82) is 0 Å². The Bertz CT molecular complexity index is 445. The van der Waals surface area contributed by atoms with Crippen LogP contribution in [0.15, 0.2) is 47.3 Å². The minimum absolute atomic E-state index is 0.241. The van der Waals surface area contributed by atoms with Gasteiger partial charge in [0.05, 0.1) is 11.7 Å². The van der Waals surface area contributed by atoms with E-state index in [1.165, 1.54) is 0 Å². The number of aromatic nitrogens is 2. The lowest BCUT2D eigenvalue weighted by atomic mass is 10.1. The summed E-state index contributed by atoms with van der Waals surface area (Å²) in [6, 6.07) is 7.36. The molecule has 4 heteroatoms. The zero-order valence-electron chi connectivity index (χ0n) is 7.97.